The minimum absolute atomic E-state index is 0.0967. The van der Waals surface area contributed by atoms with Crippen LogP contribution in [0.4, 0.5) is 4.39 Å². The molecule has 0 N–H and O–H groups in total. The molecule has 1 aromatic carbocycles. The van der Waals surface area contributed by atoms with E-state index in [9.17, 15) is 9.65 Å². The zero-order valence-electron chi connectivity index (χ0n) is 20.6. The second-order valence-corrected chi connectivity index (χ2v) is 11.7. The fourth-order valence-electron chi connectivity index (χ4n) is 8.74. The summed E-state index contributed by atoms with van der Waals surface area (Å²) in [6.45, 7) is 8.53. The van der Waals surface area contributed by atoms with E-state index >= 15 is 0 Å². The van der Waals surface area contributed by atoms with Crippen LogP contribution in [-0.2, 0) is 6.42 Å². The largest absolute Gasteiger partial charge is 0.245 e. The van der Waals surface area contributed by atoms with E-state index in [-0.39, 0.29) is 27.5 Å². The molecule has 4 saturated carbocycles. The minimum Gasteiger partial charge on any atom is -0.245 e. The number of aromatic nitrogens is 2. The highest BCUT2D eigenvalue weighted by molar-refractivity contribution is 5.69. The van der Waals surface area contributed by atoms with E-state index in [1.54, 1.807) is 6.33 Å². The van der Waals surface area contributed by atoms with E-state index in [4.69, 9.17) is 0 Å². The topological polar surface area (TPSA) is 49.6 Å². The van der Waals surface area contributed by atoms with E-state index < -0.39 is 0 Å². The summed E-state index contributed by atoms with van der Waals surface area (Å²) in [4.78, 5) is 8.66. The summed E-state index contributed by atoms with van der Waals surface area (Å²) < 4.78 is 13.5. The quantitative estimate of drug-likeness (QED) is 0.410. The normalized spacial score (nSPS) is 36.4. The van der Waals surface area contributed by atoms with Crippen LogP contribution in [-0.4, -0.2) is 9.97 Å². The molecule has 178 valence electrons. The van der Waals surface area contributed by atoms with Crippen molar-refractivity contribution >= 4 is 5.57 Å². The van der Waals surface area contributed by atoms with Crippen LogP contribution in [0.1, 0.15) is 57.2 Å². The van der Waals surface area contributed by atoms with Crippen LogP contribution < -0.4 is 0 Å². The molecule has 0 saturated heterocycles. The van der Waals surface area contributed by atoms with Crippen LogP contribution in [0.2, 0.25) is 0 Å². The molecule has 3 unspecified atom stereocenters. The fourth-order valence-corrected chi connectivity index (χ4v) is 8.74. The first-order valence-electron chi connectivity index (χ1n) is 12.8. The zero-order chi connectivity index (χ0) is 24.5. The molecule has 4 heteroatoms. The van der Waals surface area contributed by atoms with Crippen LogP contribution in [0.25, 0.3) is 5.57 Å². The second kappa shape index (κ2) is 7.47. The minimum atomic E-state index is -0.336. The highest BCUT2D eigenvalue weighted by atomic mass is 19.1. The Labute approximate surface area is 207 Å². The van der Waals surface area contributed by atoms with E-state index in [1.807, 2.05) is 30.5 Å². The molecule has 1 spiro atoms. The Balaban J connectivity index is 1.36. The van der Waals surface area contributed by atoms with Crippen molar-refractivity contribution in [2.45, 2.75) is 52.4 Å². The van der Waals surface area contributed by atoms with Crippen molar-refractivity contribution in [2.75, 3.05) is 0 Å². The number of halogens is 1. The lowest BCUT2D eigenvalue weighted by Gasteiger charge is -2.59. The van der Waals surface area contributed by atoms with Crippen molar-refractivity contribution in [1.29, 1.82) is 5.26 Å². The standard InChI is InChI=1S/C31H32FN3/c1-4-5-6-24(21(2)27-11-14-34-20-35-27)30(12-13-30)25-16-28(3)18-29(19-33,31(28)17-26(25)31)15-22-7-9-23(32)10-8-22/h4-11,14,20,25-26H,1,12-13,15-18H2,2-3H3/b6-5-,24-21-/t25?,26-,28?,29-,31?/m0/s1. The first-order chi connectivity index (χ1) is 16.8. The lowest BCUT2D eigenvalue weighted by atomic mass is 9.42. The van der Waals surface area contributed by atoms with Crippen LogP contribution in [0.15, 0.2) is 73.2 Å². The zero-order valence-corrected chi connectivity index (χ0v) is 20.6. The van der Waals surface area contributed by atoms with E-state index in [0.717, 1.165) is 30.5 Å². The average Bonchev–Trinajstić information content (AvgIpc) is 3.78. The number of hydrogen-bond donors (Lipinski definition) is 0. The molecule has 4 fully saturated rings. The monoisotopic (exact) mass is 465 g/mol. The van der Waals surface area contributed by atoms with Gasteiger partial charge in [0, 0.05) is 6.20 Å². The predicted molar refractivity (Wildman–Crippen MR) is 135 cm³/mol. The van der Waals surface area contributed by atoms with Crippen LogP contribution in [0.5, 0.6) is 0 Å². The molecule has 4 aliphatic carbocycles. The molecule has 2 aromatic rings. The van der Waals surface area contributed by atoms with E-state index in [1.165, 1.54) is 42.5 Å². The van der Waals surface area contributed by atoms with Gasteiger partial charge in [0.1, 0.15) is 12.1 Å². The molecule has 6 rings (SSSR count). The molecule has 0 bridgehead atoms. The summed E-state index contributed by atoms with van der Waals surface area (Å²) >= 11 is 0. The molecule has 0 radical (unpaired) electrons. The Bertz CT molecular complexity index is 1280. The third kappa shape index (κ3) is 2.94. The number of hydrogen-bond acceptors (Lipinski definition) is 3. The maximum atomic E-state index is 13.5. The van der Waals surface area contributed by atoms with Crippen molar-refractivity contribution in [1.82, 2.24) is 9.97 Å². The van der Waals surface area contributed by atoms with Gasteiger partial charge in [0.05, 0.1) is 17.2 Å². The third-order valence-corrected chi connectivity index (χ3v) is 10.2. The first-order valence-corrected chi connectivity index (χ1v) is 12.8. The van der Waals surface area contributed by atoms with Crippen molar-refractivity contribution in [2.24, 2.45) is 33.5 Å². The van der Waals surface area contributed by atoms with Gasteiger partial charge in [-0.05, 0) is 108 Å². The van der Waals surface area contributed by atoms with E-state index in [2.05, 4.69) is 48.6 Å². The summed E-state index contributed by atoms with van der Waals surface area (Å²) in [5.41, 5.74) is 4.79. The van der Waals surface area contributed by atoms with Gasteiger partial charge >= 0.3 is 0 Å². The molecule has 5 atom stereocenters. The van der Waals surface area contributed by atoms with Crippen LogP contribution >= 0.6 is 0 Å². The maximum absolute atomic E-state index is 13.5. The number of benzene rings is 1. The molecule has 1 aromatic heterocycles. The second-order valence-electron chi connectivity index (χ2n) is 11.7. The van der Waals surface area contributed by atoms with Gasteiger partial charge in [0.15, 0.2) is 0 Å². The summed E-state index contributed by atoms with van der Waals surface area (Å²) in [5, 5.41) is 10.5. The van der Waals surface area contributed by atoms with Crippen molar-refractivity contribution in [3.05, 3.63) is 90.3 Å². The highest BCUT2D eigenvalue weighted by Gasteiger charge is 2.88. The summed E-state index contributed by atoms with van der Waals surface area (Å²) in [7, 11) is 0. The van der Waals surface area contributed by atoms with Gasteiger partial charge in [-0.3, -0.25) is 0 Å². The molecular weight excluding hydrogens is 433 g/mol. The lowest BCUT2D eigenvalue weighted by molar-refractivity contribution is -0.0940. The highest BCUT2D eigenvalue weighted by Crippen LogP contribution is 2.93. The van der Waals surface area contributed by atoms with Crippen LogP contribution in [0, 0.1) is 50.6 Å². The Morgan fingerprint density at radius 3 is 2.57 bits per heavy atom. The number of nitriles is 1. The van der Waals surface area contributed by atoms with Gasteiger partial charge in [-0.25, -0.2) is 14.4 Å². The molecule has 0 amide bonds. The van der Waals surface area contributed by atoms with Gasteiger partial charge < -0.3 is 0 Å². The van der Waals surface area contributed by atoms with Crippen molar-refractivity contribution in [3.63, 3.8) is 0 Å². The molecule has 4 aliphatic rings. The van der Waals surface area contributed by atoms with Crippen LogP contribution in [0.3, 0.4) is 0 Å². The van der Waals surface area contributed by atoms with Crippen molar-refractivity contribution < 1.29 is 4.39 Å². The number of rotatable bonds is 7. The van der Waals surface area contributed by atoms with Gasteiger partial charge in [-0.2, -0.15) is 5.26 Å². The predicted octanol–water partition coefficient (Wildman–Crippen LogP) is 7.10. The molecule has 3 nitrogen and oxygen atoms in total. The average molecular weight is 466 g/mol. The van der Waals surface area contributed by atoms with E-state index in [0.29, 0.717) is 11.8 Å². The summed E-state index contributed by atoms with van der Waals surface area (Å²) in [5.74, 6) is 0.939. The SMILES string of the molecule is C=C/C=C\C(=C(/C)c1ccncn1)C1(C2CC3(C)C[C@](C#N)(Cc4ccc(F)cc4)C34C[C@@H]24)CC1. The smallest absolute Gasteiger partial charge is 0.123 e. The Morgan fingerprint density at radius 2 is 1.97 bits per heavy atom. The van der Waals surface area contributed by atoms with Gasteiger partial charge in [-0.15, -0.1) is 0 Å². The Kier molecular flexibility index (Phi) is 4.78. The fraction of sp³-hybridized carbons (Fsp3) is 0.452. The molecular formula is C31H32FN3. The summed E-state index contributed by atoms with van der Waals surface area (Å²) in [6, 6.07) is 11.6. The molecule has 0 aliphatic heterocycles. The Hall–Kier alpha value is -3.06. The number of allylic oxidation sites excluding steroid dienone is 5. The summed E-state index contributed by atoms with van der Waals surface area (Å²) in [6.07, 6.45) is 16.0. The lowest BCUT2D eigenvalue weighted by Crippen LogP contribution is -2.56. The molecule has 35 heavy (non-hydrogen) atoms. The Morgan fingerprint density at radius 1 is 1.20 bits per heavy atom. The van der Waals surface area contributed by atoms with Crippen molar-refractivity contribution in [3.8, 4) is 6.07 Å². The van der Waals surface area contributed by atoms with Gasteiger partial charge in [0.2, 0.25) is 0 Å². The van der Waals surface area contributed by atoms with Gasteiger partial charge in [-0.1, -0.05) is 43.9 Å². The first kappa shape index (κ1) is 22.4. The molecule has 1 heterocycles. The number of nitrogens with zero attached hydrogens (tertiary/aromatic N) is 3. The maximum Gasteiger partial charge on any atom is 0.123 e. The third-order valence-electron chi connectivity index (χ3n) is 10.2. The van der Waals surface area contributed by atoms with Gasteiger partial charge in [0.25, 0.3) is 0 Å².